The second kappa shape index (κ2) is 6.15. The number of rotatable bonds is 6. The van der Waals surface area contributed by atoms with Gasteiger partial charge in [0.2, 0.25) is 10.0 Å². The molecular weight excluding hydrogens is 288 g/mol. The molecule has 0 aromatic heterocycles. The summed E-state index contributed by atoms with van der Waals surface area (Å²) < 4.78 is 50.3. The minimum absolute atomic E-state index is 0.0206. The molecule has 0 fully saturated rings. The number of sulfonamides is 1. The van der Waals surface area contributed by atoms with Crippen molar-refractivity contribution in [3.63, 3.8) is 0 Å². The van der Waals surface area contributed by atoms with Crippen LogP contribution in [0.25, 0.3) is 0 Å². The average molecular weight is 305 g/mol. The number of aryl methyl sites for hydroxylation is 2. The molecule has 0 aliphatic heterocycles. The van der Waals surface area contributed by atoms with E-state index in [0.29, 0.717) is 4.31 Å². The minimum atomic E-state index is -3.99. The summed E-state index contributed by atoms with van der Waals surface area (Å²) in [6, 6.07) is 4.76. The predicted molar refractivity (Wildman–Crippen MR) is 70.3 cm³/mol. The highest BCUT2D eigenvalue weighted by Gasteiger charge is 2.27. The zero-order valence-electron chi connectivity index (χ0n) is 10.9. The van der Waals surface area contributed by atoms with Crippen molar-refractivity contribution in [3.05, 3.63) is 29.3 Å². The molecule has 7 heteroatoms. The third-order valence-corrected chi connectivity index (χ3v) is 5.26. The van der Waals surface area contributed by atoms with Gasteiger partial charge in [-0.25, -0.2) is 17.2 Å². The largest absolute Gasteiger partial charge is 0.395 e. The van der Waals surface area contributed by atoms with Gasteiger partial charge in [-0.2, -0.15) is 4.31 Å². The second-order valence-corrected chi connectivity index (χ2v) is 6.70. The smallest absolute Gasteiger partial charge is 0.252 e. The number of alkyl halides is 2. The van der Waals surface area contributed by atoms with Crippen molar-refractivity contribution in [2.45, 2.75) is 30.6 Å². The van der Waals surface area contributed by atoms with E-state index >= 15 is 0 Å². The lowest BCUT2D eigenvalue weighted by Gasteiger charge is -2.21. The van der Waals surface area contributed by atoms with E-state index in [2.05, 4.69) is 0 Å². The van der Waals surface area contributed by atoms with Crippen molar-refractivity contribution >= 4 is 10.0 Å². The number of hydrogen-bond acceptors (Lipinski definition) is 3. The van der Waals surface area contributed by atoms with Gasteiger partial charge in [0.05, 0.1) is 18.0 Å². The van der Waals surface area contributed by atoms with Crippen molar-refractivity contribution in [2.24, 2.45) is 0 Å². The summed E-state index contributed by atoms with van der Waals surface area (Å²) in [6.45, 7) is -1.72. The minimum Gasteiger partial charge on any atom is -0.395 e. The third-order valence-electron chi connectivity index (χ3n) is 3.40. The molecule has 1 aliphatic rings. The van der Waals surface area contributed by atoms with Crippen LogP contribution in [0.2, 0.25) is 0 Å². The lowest BCUT2D eigenvalue weighted by atomic mass is 10.1. The van der Waals surface area contributed by atoms with Crippen LogP contribution in [0.5, 0.6) is 0 Å². The van der Waals surface area contributed by atoms with Gasteiger partial charge in [-0.3, -0.25) is 0 Å². The third kappa shape index (κ3) is 3.16. The molecule has 1 aromatic carbocycles. The van der Waals surface area contributed by atoms with Crippen LogP contribution in [-0.2, 0) is 22.9 Å². The molecule has 1 aromatic rings. The lowest BCUT2D eigenvalue weighted by Crippen LogP contribution is -2.37. The Bertz CT molecular complexity index is 575. The number of aliphatic hydroxyl groups is 1. The van der Waals surface area contributed by atoms with Crippen LogP contribution in [0, 0.1) is 0 Å². The van der Waals surface area contributed by atoms with Gasteiger partial charge in [-0.05, 0) is 42.5 Å². The molecule has 1 aliphatic carbocycles. The molecule has 0 atom stereocenters. The first-order valence-corrected chi connectivity index (χ1v) is 7.90. The molecule has 2 rings (SSSR count). The van der Waals surface area contributed by atoms with E-state index in [1.54, 1.807) is 12.1 Å². The number of hydrogen-bond donors (Lipinski definition) is 1. The Kier molecular flexibility index (Phi) is 4.72. The molecule has 0 amide bonds. The average Bonchev–Trinajstić information content (AvgIpc) is 2.84. The fourth-order valence-corrected chi connectivity index (χ4v) is 3.89. The number of benzene rings is 1. The maximum Gasteiger partial charge on any atom is 0.252 e. The molecule has 20 heavy (non-hydrogen) atoms. The van der Waals surface area contributed by atoms with Crippen molar-refractivity contribution in [2.75, 3.05) is 19.7 Å². The van der Waals surface area contributed by atoms with Crippen LogP contribution >= 0.6 is 0 Å². The fourth-order valence-electron chi connectivity index (χ4n) is 2.43. The van der Waals surface area contributed by atoms with E-state index in [1.807, 2.05) is 0 Å². The van der Waals surface area contributed by atoms with Gasteiger partial charge in [0.25, 0.3) is 6.43 Å². The molecule has 0 radical (unpaired) electrons. The van der Waals surface area contributed by atoms with E-state index in [9.17, 15) is 17.2 Å². The van der Waals surface area contributed by atoms with Crippen molar-refractivity contribution in [1.29, 1.82) is 0 Å². The first-order valence-electron chi connectivity index (χ1n) is 6.46. The summed E-state index contributed by atoms with van der Waals surface area (Å²) in [7, 11) is -3.99. The normalized spacial score (nSPS) is 15.1. The van der Waals surface area contributed by atoms with E-state index < -0.39 is 29.6 Å². The van der Waals surface area contributed by atoms with Crippen LogP contribution in [0.1, 0.15) is 17.5 Å². The first-order chi connectivity index (χ1) is 9.45. The summed E-state index contributed by atoms with van der Waals surface area (Å²) in [6.07, 6.45) is -0.0534. The summed E-state index contributed by atoms with van der Waals surface area (Å²) in [5.41, 5.74) is 2.08. The first kappa shape index (κ1) is 15.3. The van der Waals surface area contributed by atoms with Crippen molar-refractivity contribution in [3.8, 4) is 0 Å². The van der Waals surface area contributed by atoms with Crippen LogP contribution in [-0.4, -0.2) is 44.0 Å². The van der Waals surface area contributed by atoms with E-state index in [1.165, 1.54) is 6.07 Å². The van der Waals surface area contributed by atoms with Gasteiger partial charge in [-0.1, -0.05) is 6.07 Å². The molecule has 0 saturated carbocycles. The number of nitrogens with zero attached hydrogens (tertiary/aromatic N) is 1. The molecule has 0 unspecified atom stereocenters. The zero-order valence-corrected chi connectivity index (χ0v) is 11.7. The SMILES string of the molecule is O=S(=O)(c1ccc2c(c1)CCC2)N(CCO)CC(F)F. The van der Waals surface area contributed by atoms with Crippen molar-refractivity contribution in [1.82, 2.24) is 4.31 Å². The summed E-state index contributed by atoms with van der Waals surface area (Å²) in [5.74, 6) is 0. The monoisotopic (exact) mass is 305 g/mol. The topological polar surface area (TPSA) is 57.6 Å². The maximum atomic E-state index is 12.5. The second-order valence-electron chi connectivity index (χ2n) is 4.76. The van der Waals surface area contributed by atoms with Crippen LogP contribution in [0.3, 0.4) is 0 Å². The van der Waals surface area contributed by atoms with E-state index in [-0.39, 0.29) is 11.4 Å². The van der Waals surface area contributed by atoms with Gasteiger partial charge >= 0.3 is 0 Å². The highest BCUT2D eigenvalue weighted by atomic mass is 32.2. The Balaban J connectivity index is 2.32. The molecule has 112 valence electrons. The highest BCUT2D eigenvalue weighted by molar-refractivity contribution is 7.89. The number of fused-ring (bicyclic) bond motifs is 1. The number of aliphatic hydroxyl groups excluding tert-OH is 1. The van der Waals surface area contributed by atoms with Crippen LogP contribution in [0.4, 0.5) is 8.78 Å². The quantitative estimate of drug-likeness (QED) is 0.865. The molecule has 1 N–H and O–H groups in total. The molecular formula is C13H17F2NO3S. The Hall–Kier alpha value is -1.05. The maximum absolute atomic E-state index is 12.5. The molecule has 0 bridgehead atoms. The molecule has 0 saturated heterocycles. The Labute approximate surface area is 117 Å². The van der Waals surface area contributed by atoms with Gasteiger partial charge in [0, 0.05) is 6.54 Å². The van der Waals surface area contributed by atoms with E-state index in [0.717, 1.165) is 30.4 Å². The summed E-state index contributed by atoms with van der Waals surface area (Å²) in [4.78, 5) is 0.0206. The number of halogens is 2. The Morgan fingerprint density at radius 3 is 2.60 bits per heavy atom. The molecule has 0 spiro atoms. The Morgan fingerprint density at radius 2 is 1.95 bits per heavy atom. The Morgan fingerprint density at radius 1 is 1.25 bits per heavy atom. The summed E-state index contributed by atoms with van der Waals surface area (Å²) in [5, 5.41) is 8.86. The van der Waals surface area contributed by atoms with Crippen LogP contribution in [0.15, 0.2) is 23.1 Å². The summed E-state index contributed by atoms with van der Waals surface area (Å²) >= 11 is 0. The molecule has 0 heterocycles. The lowest BCUT2D eigenvalue weighted by molar-refractivity contribution is 0.113. The van der Waals surface area contributed by atoms with Gasteiger partial charge in [0.15, 0.2) is 0 Å². The zero-order chi connectivity index (χ0) is 14.8. The predicted octanol–water partition coefficient (Wildman–Crippen LogP) is 1.42. The molecule has 4 nitrogen and oxygen atoms in total. The van der Waals surface area contributed by atoms with Crippen molar-refractivity contribution < 1.29 is 22.3 Å². The van der Waals surface area contributed by atoms with Gasteiger partial charge < -0.3 is 5.11 Å². The van der Waals surface area contributed by atoms with Gasteiger partial charge in [0.1, 0.15) is 0 Å². The van der Waals surface area contributed by atoms with E-state index in [4.69, 9.17) is 5.11 Å². The highest BCUT2D eigenvalue weighted by Crippen LogP contribution is 2.26. The van der Waals surface area contributed by atoms with Crippen LogP contribution < -0.4 is 0 Å². The fraction of sp³-hybridized carbons (Fsp3) is 0.538. The van der Waals surface area contributed by atoms with Gasteiger partial charge in [-0.15, -0.1) is 0 Å². The standard InChI is InChI=1S/C13H17F2NO3S/c14-13(15)9-16(6-7-17)20(18,19)12-5-4-10-2-1-3-11(10)8-12/h4-5,8,13,17H,1-3,6-7,9H2.